The Bertz CT molecular complexity index is 1250. The second kappa shape index (κ2) is 9.43. The molecule has 3 aromatic carbocycles. The number of carbonyl (C=O) groups is 2. The van der Waals surface area contributed by atoms with Gasteiger partial charge in [-0.1, -0.05) is 30.3 Å². The maximum absolute atomic E-state index is 13.3. The van der Waals surface area contributed by atoms with E-state index in [9.17, 15) is 14.7 Å². The van der Waals surface area contributed by atoms with Gasteiger partial charge in [0.1, 0.15) is 17.3 Å². The van der Waals surface area contributed by atoms with Crippen molar-refractivity contribution in [2.45, 2.75) is 32.9 Å². The molecule has 3 aromatic rings. The van der Waals surface area contributed by atoms with E-state index in [4.69, 9.17) is 9.47 Å². The second-order valence-corrected chi connectivity index (χ2v) is 8.42. The van der Waals surface area contributed by atoms with Crippen LogP contribution in [-0.2, 0) is 9.59 Å². The van der Waals surface area contributed by atoms with Gasteiger partial charge in [0.2, 0.25) is 0 Å². The number of nitrogens with zero attached hydrogens (tertiary/aromatic N) is 1. The minimum absolute atomic E-state index is 0.0128. The molecule has 0 bridgehead atoms. The smallest absolute Gasteiger partial charge is 0.300 e. The Balaban J connectivity index is 1.89. The number of hydrogen-bond acceptors (Lipinski definition) is 5. The highest BCUT2D eigenvalue weighted by molar-refractivity contribution is 6.51. The maximum atomic E-state index is 13.3. The Kier molecular flexibility index (Phi) is 6.41. The molecule has 1 aliphatic heterocycles. The number of ketones is 1. The third-order valence-corrected chi connectivity index (χ3v) is 5.74. The zero-order valence-electron chi connectivity index (χ0n) is 19.6. The molecule has 1 N–H and O–H groups in total. The molecule has 1 heterocycles. The van der Waals surface area contributed by atoms with Crippen LogP contribution in [0.3, 0.4) is 0 Å². The number of aryl methyl sites for hydroxylation is 1. The number of para-hydroxylation sites is 1. The van der Waals surface area contributed by atoms with Gasteiger partial charge in [0, 0.05) is 11.3 Å². The van der Waals surface area contributed by atoms with Crippen LogP contribution < -0.4 is 14.4 Å². The Labute approximate surface area is 199 Å². The zero-order chi connectivity index (χ0) is 24.4. The summed E-state index contributed by atoms with van der Waals surface area (Å²) in [5.41, 5.74) is 2.49. The van der Waals surface area contributed by atoms with Crippen molar-refractivity contribution in [2.75, 3.05) is 12.0 Å². The fourth-order valence-electron chi connectivity index (χ4n) is 4.18. The largest absolute Gasteiger partial charge is 0.507 e. The van der Waals surface area contributed by atoms with E-state index in [1.54, 1.807) is 61.7 Å². The van der Waals surface area contributed by atoms with Crippen LogP contribution in [0.25, 0.3) is 5.76 Å². The molecule has 6 nitrogen and oxygen atoms in total. The lowest BCUT2D eigenvalue weighted by Gasteiger charge is -2.25. The van der Waals surface area contributed by atoms with Crippen molar-refractivity contribution in [3.63, 3.8) is 0 Å². The summed E-state index contributed by atoms with van der Waals surface area (Å²) in [6, 6.07) is 20.6. The van der Waals surface area contributed by atoms with Crippen molar-refractivity contribution in [3.8, 4) is 11.5 Å². The summed E-state index contributed by atoms with van der Waals surface area (Å²) in [7, 11) is 1.56. The predicted molar refractivity (Wildman–Crippen MR) is 131 cm³/mol. The van der Waals surface area contributed by atoms with E-state index < -0.39 is 17.7 Å². The van der Waals surface area contributed by atoms with Crippen LogP contribution in [0.5, 0.6) is 11.5 Å². The molecule has 0 radical (unpaired) electrons. The number of ether oxygens (including phenoxy) is 2. The van der Waals surface area contributed by atoms with Gasteiger partial charge in [-0.25, -0.2) is 0 Å². The average Bonchev–Trinajstić information content (AvgIpc) is 3.09. The molecule has 1 amide bonds. The van der Waals surface area contributed by atoms with Gasteiger partial charge >= 0.3 is 0 Å². The Hall–Kier alpha value is -4.06. The van der Waals surface area contributed by atoms with Crippen LogP contribution in [0, 0.1) is 6.92 Å². The number of methoxy groups -OCH3 is 1. The van der Waals surface area contributed by atoms with Crippen molar-refractivity contribution < 1.29 is 24.2 Å². The summed E-state index contributed by atoms with van der Waals surface area (Å²) >= 11 is 0. The first-order chi connectivity index (χ1) is 16.3. The van der Waals surface area contributed by atoms with E-state index in [1.165, 1.54) is 4.90 Å². The highest BCUT2D eigenvalue weighted by Crippen LogP contribution is 2.43. The van der Waals surface area contributed by atoms with E-state index in [-0.39, 0.29) is 17.4 Å². The van der Waals surface area contributed by atoms with E-state index in [0.717, 1.165) is 5.56 Å². The summed E-state index contributed by atoms with van der Waals surface area (Å²) in [5, 5.41) is 11.3. The van der Waals surface area contributed by atoms with Crippen LogP contribution in [0.4, 0.5) is 5.69 Å². The highest BCUT2D eigenvalue weighted by atomic mass is 16.5. The van der Waals surface area contributed by atoms with Gasteiger partial charge in [0.25, 0.3) is 11.7 Å². The lowest BCUT2D eigenvalue weighted by atomic mass is 9.93. The van der Waals surface area contributed by atoms with Crippen LogP contribution in [-0.4, -0.2) is 30.0 Å². The van der Waals surface area contributed by atoms with Gasteiger partial charge in [-0.15, -0.1) is 0 Å². The quantitative estimate of drug-likeness (QED) is 0.304. The Morgan fingerprint density at radius 3 is 2.18 bits per heavy atom. The summed E-state index contributed by atoms with van der Waals surface area (Å²) < 4.78 is 11.0. The first-order valence-electron chi connectivity index (χ1n) is 11.1. The first-order valence-corrected chi connectivity index (χ1v) is 11.1. The topological polar surface area (TPSA) is 76.1 Å². The first kappa shape index (κ1) is 23.1. The van der Waals surface area contributed by atoms with Gasteiger partial charge < -0.3 is 14.6 Å². The number of hydrogen-bond donors (Lipinski definition) is 1. The molecule has 1 aliphatic rings. The molecule has 6 heteroatoms. The molecule has 34 heavy (non-hydrogen) atoms. The normalized spacial score (nSPS) is 17.3. The number of carbonyl (C=O) groups excluding carboxylic acids is 2. The van der Waals surface area contributed by atoms with E-state index in [2.05, 4.69) is 0 Å². The van der Waals surface area contributed by atoms with Crippen molar-refractivity contribution in [3.05, 3.63) is 95.1 Å². The van der Waals surface area contributed by atoms with Gasteiger partial charge in [-0.05, 0) is 74.4 Å². The van der Waals surface area contributed by atoms with Crippen molar-refractivity contribution in [1.82, 2.24) is 0 Å². The second-order valence-electron chi connectivity index (χ2n) is 8.42. The molecule has 174 valence electrons. The van der Waals surface area contributed by atoms with Gasteiger partial charge in [-0.3, -0.25) is 14.5 Å². The molecule has 0 aliphatic carbocycles. The fraction of sp³-hybridized carbons (Fsp3) is 0.214. The van der Waals surface area contributed by atoms with E-state index in [0.29, 0.717) is 28.3 Å². The number of Topliss-reactive ketones (excluding diaryl/α,β-unsaturated/α-hetero) is 1. The van der Waals surface area contributed by atoms with Crippen molar-refractivity contribution in [1.29, 1.82) is 0 Å². The third kappa shape index (κ3) is 4.27. The Morgan fingerprint density at radius 2 is 1.59 bits per heavy atom. The molecule has 4 rings (SSSR count). The minimum Gasteiger partial charge on any atom is -0.507 e. The molecular formula is C28H27NO5. The van der Waals surface area contributed by atoms with Crippen LogP contribution in [0.15, 0.2) is 78.4 Å². The van der Waals surface area contributed by atoms with E-state index >= 15 is 0 Å². The molecule has 1 fully saturated rings. The SMILES string of the molecule is COc1ccc(/C(O)=C2/C(=O)C(=O)N(c3ccccc3)C2c2ccc(OC(C)C)cc2)c(C)c1. The number of aliphatic hydroxyl groups is 1. The van der Waals surface area contributed by atoms with Crippen LogP contribution in [0.2, 0.25) is 0 Å². The number of anilines is 1. The fourth-order valence-corrected chi connectivity index (χ4v) is 4.18. The third-order valence-electron chi connectivity index (χ3n) is 5.74. The van der Waals surface area contributed by atoms with Crippen LogP contribution in [0.1, 0.15) is 36.6 Å². The van der Waals surface area contributed by atoms with Crippen LogP contribution >= 0.6 is 0 Å². The monoisotopic (exact) mass is 457 g/mol. The summed E-state index contributed by atoms with van der Waals surface area (Å²) in [4.78, 5) is 27.9. The number of amides is 1. The highest BCUT2D eigenvalue weighted by Gasteiger charge is 2.47. The molecule has 0 aromatic heterocycles. The van der Waals surface area contributed by atoms with Gasteiger partial charge in [0.05, 0.1) is 24.8 Å². The minimum atomic E-state index is -0.794. The lowest BCUT2D eigenvalue weighted by Crippen LogP contribution is -2.29. The molecular weight excluding hydrogens is 430 g/mol. The standard InChI is InChI=1S/C28H27NO5/c1-17(2)34-21-12-10-19(11-13-21)25-24(26(30)23-15-14-22(33-4)16-18(23)3)27(31)28(32)29(25)20-8-6-5-7-9-20/h5-17,25,30H,1-4H3/b26-24-. The number of benzene rings is 3. The van der Waals surface area contributed by atoms with Crippen molar-refractivity contribution >= 4 is 23.1 Å². The number of aliphatic hydroxyl groups excluding tert-OH is 1. The maximum Gasteiger partial charge on any atom is 0.300 e. The lowest BCUT2D eigenvalue weighted by molar-refractivity contribution is -0.132. The average molecular weight is 458 g/mol. The number of rotatable bonds is 6. The van der Waals surface area contributed by atoms with Gasteiger partial charge in [0.15, 0.2) is 0 Å². The molecule has 1 atom stereocenters. The summed E-state index contributed by atoms with van der Waals surface area (Å²) in [6.45, 7) is 5.70. The van der Waals surface area contributed by atoms with E-state index in [1.807, 2.05) is 39.0 Å². The predicted octanol–water partition coefficient (Wildman–Crippen LogP) is 5.42. The summed E-state index contributed by atoms with van der Waals surface area (Å²) in [6.07, 6.45) is 0.0128. The Morgan fingerprint density at radius 1 is 0.941 bits per heavy atom. The summed E-state index contributed by atoms with van der Waals surface area (Å²) in [5.74, 6) is -0.322. The molecule has 0 spiro atoms. The molecule has 1 saturated heterocycles. The molecule has 1 unspecified atom stereocenters. The van der Waals surface area contributed by atoms with Crippen molar-refractivity contribution in [2.24, 2.45) is 0 Å². The molecule has 0 saturated carbocycles. The zero-order valence-corrected chi connectivity index (χ0v) is 19.6. The van der Waals surface area contributed by atoms with Gasteiger partial charge in [-0.2, -0.15) is 0 Å².